The Balaban J connectivity index is 3.10. The third-order valence-corrected chi connectivity index (χ3v) is 1.61. The lowest BCUT2D eigenvalue weighted by atomic mass is 10.1. The molecule has 0 heterocycles. The van der Waals surface area contributed by atoms with Crippen LogP contribution in [0, 0.1) is 11.3 Å². The summed E-state index contributed by atoms with van der Waals surface area (Å²) in [7, 11) is 0. The Morgan fingerprint density at radius 2 is 2.15 bits per heavy atom. The maximum atomic E-state index is 12.8. The van der Waals surface area contributed by atoms with Crippen LogP contribution in [-0.2, 0) is 5.92 Å². The minimum absolute atomic E-state index is 0.158. The zero-order chi connectivity index (χ0) is 9.90. The largest absolute Gasteiger partial charge is 0.390 e. The maximum Gasteiger partial charge on any atom is 0.295 e. The third-order valence-electron chi connectivity index (χ3n) is 1.61. The first-order valence-electron chi connectivity index (χ1n) is 3.59. The molecule has 0 unspecified atom stereocenters. The first-order chi connectivity index (χ1) is 6.10. The van der Waals surface area contributed by atoms with E-state index in [2.05, 4.69) is 0 Å². The molecule has 0 amide bonds. The third kappa shape index (κ3) is 2.01. The van der Waals surface area contributed by atoms with Gasteiger partial charge in [0.15, 0.2) is 0 Å². The molecule has 2 nitrogen and oxygen atoms in total. The number of benzene rings is 1. The number of hydrogen-bond acceptors (Lipinski definition) is 2. The SMILES string of the molecule is N#Cc1cccc(C(F)(F)CO)c1. The number of nitriles is 1. The van der Waals surface area contributed by atoms with E-state index in [1.165, 1.54) is 18.2 Å². The molecule has 0 atom stereocenters. The fourth-order valence-corrected chi connectivity index (χ4v) is 0.908. The number of alkyl halides is 2. The van der Waals surface area contributed by atoms with E-state index in [-0.39, 0.29) is 11.1 Å². The van der Waals surface area contributed by atoms with Crippen molar-refractivity contribution in [2.24, 2.45) is 0 Å². The van der Waals surface area contributed by atoms with Gasteiger partial charge in [0.05, 0.1) is 11.6 Å². The second-order valence-electron chi connectivity index (χ2n) is 2.56. The van der Waals surface area contributed by atoms with E-state index in [1.807, 2.05) is 0 Å². The van der Waals surface area contributed by atoms with Gasteiger partial charge in [-0.3, -0.25) is 0 Å². The number of aliphatic hydroxyl groups is 1. The fourth-order valence-electron chi connectivity index (χ4n) is 0.908. The monoisotopic (exact) mass is 183 g/mol. The molecule has 0 aliphatic rings. The van der Waals surface area contributed by atoms with E-state index in [4.69, 9.17) is 10.4 Å². The number of nitrogens with zero attached hydrogens (tertiary/aromatic N) is 1. The zero-order valence-corrected chi connectivity index (χ0v) is 6.67. The highest BCUT2D eigenvalue weighted by atomic mass is 19.3. The summed E-state index contributed by atoms with van der Waals surface area (Å²) in [6.45, 7) is -1.25. The van der Waals surface area contributed by atoms with Gasteiger partial charge in [-0.25, -0.2) is 0 Å². The predicted octanol–water partition coefficient (Wildman–Crippen LogP) is 1.64. The van der Waals surface area contributed by atoms with Crippen molar-refractivity contribution in [2.45, 2.75) is 5.92 Å². The highest BCUT2D eigenvalue weighted by Gasteiger charge is 2.30. The molecule has 0 aliphatic heterocycles. The van der Waals surface area contributed by atoms with E-state index in [1.54, 1.807) is 6.07 Å². The molecular formula is C9H7F2NO. The average molecular weight is 183 g/mol. The second-order valence-corrected chi connectivity index (χ2v) is 2.56. The molecule has 1 rings (SSSR count). The van der Waals surface area contributed by atoms with Crippen molar-refractivity contribution in [3.63, 3.8) is 0 Å². The van der Waals surface area contributed by atoms with Crippen LogP contribution in [0.1, 0.15) is 11.1 Å². The Kier molecular flexibility index (Phi) is 2.59. The molecule has 1 N–H and O–H groups in total. The van der Waals surface area contributed by atoms with Crippen LogP contribution in [0.25, 0.3) is 0 Å². The predicted molar refractivity (Wildman–Crippen MR) is 42.1 cm³/mol. The Hall–Kier alpha value is -1.47. The van der Waals surface area contributed by atoms with Crippen LogP contribution < -0.4 is 0 Å². The summed E-state index contributed by atoms with van der Waals surface area (Å²) in [6, 6.07) is 6.78. The van der Waals surface area contributed by atoms with Crippen molar-refractivity contribution in [1.82, 2.24) is 0 Å². The summed E-state index contributed by atoms with van der Waals surface area (Å²) >= 11 is 0. The first kappa shape index (κ1) is 9.62. The number of halogens is 2. The molecule has 0 aromatic heterocycles. The van der Waals surface area contributed by atoms with Crippen LogP contribution in [0.4, 0.5) is 8.78 Å². The van der Waals surface area contributed by atoms with E-state index < -0.39 is 12.5 Å². The number of hydrogen-bond donors (Lipinski definition) is 1. The van der Waals surface area contributed by atoms with Crippen molar-refractivity contribution < 1.29 is 13.9 Å². The van der Waals surface area contributed by atoms with Crippen LogP contribution in [0.3, 0.4) is 0 Å². The highest BCUT2D eigenvalue weighted by Crippen LogP contribution is 2.27. The van der Waals surface area contributed by atoms with Crippen LogP contribution in [0.2, 0.25) is 0 Å². The lowest BCUT2D eigenvalue weighted by Gasteiger charge is -2.12. The molecular weight excluding hydrogens is 176 g/mol. The maximum absolute atomic E-state index is 12.8. The molecule has 0 bridgehead atoms. The van der Waals surface area contributed by atoms with Gasteiger partial charge in [0.2, 0.25) is 0 Å². The first-order valence-corrected chi connectivity index (χ1v) is 3.59. The molecule has 4 heteroatoms. The Labute approximate surface area is 74.0 Å². The molecule has 1 aromatic carbocycles. The molecule has 0 radical (unpaired) electrons. The average Bonchev–Trinajstić information content (AvgIpc) is 2.18. The van der Waals surface area contributed by atoms with E-state index >= 15 is 0 Å². The molecule has 68 valence electrons. The Bertz CT molecular complexity index is 344. The highest BCUT2D eigenvalue weighted by molar-refractivity contribution is 5.34. The summed E-state index contributed by atoms with van der Waals surface area (Å²) in [4.78, 5) is 0. The van der Waals surface area contributed by atoms with Crippen LogP contribution in [-0.4, -0.2) is 11.7 Å². The molecule has 1 aromatic rings. The minimum atomic E-state index is -3.27. The van der Waals surface area contributed by atoms with Crippen LogP contribution >= 0.6 is 0 Å². The van der Waals surface area contributed by atoms with Crippen LogP contribution in [0.15, 0.2) is 24.3 Å². The van der Waals surface area contributed by atoms with Gasteiger partial charge >= 0.3 is 0 Å². The minimum Gasteiger partial charge on any atom is -0.390 e. The number of aliphatic hydroxyl groups excluding tert-OH is 1. The van der Waals surface area contributed by atoms with Crippen molar-refractivity contribution in [3.8, 4) is 6.07 Å². The number of rotatable bonds is 2. The summed E-state index contributed by atoms with van der Waals surface area (Å²) < 4.78 is 25.7. The molecule has 0 spiro atoms. The summed E-state index contributed by atoms with van der Waals surface area (Å²) in [6.07, 6.45) is 0. The van der Waals surface area contributed by atoms with Gasteiger partial charge in [0.25, 0.3) is 5.92 Å². The van der Waals surface area contributed by atoms with Gasteiger partial charge in [0.1, 0.15) is 6.61 Å². The van der Waals surface area contributed by atoms with E-state index in [0.29, 0.717) is 0 Å². The Morgan fingerprint density at radius 1 is 1.46 bits per heavy atom. The molecule has 13 heavy (non-hydrogen) atoms. The molecule has 0 fully saturated rings. The van der Waals surface area contributed by atoms with Crippen molar-refractivity contribution in [2.75, 3.05) is 6.61 Å². The van der Waals surface area contributed by atoms with Crippen LogP contribution in [0.5, 0.6) is 0 Å². The molecule has 0 saturated heterocycles. The lowest BCUT2D eigenvalue weighted by molar-refractivity contribution is -0.0556. The van der Waals surface area contributed by atoms with E-state index in [0.717, 1.165) is 6.07 Å². The topological polar surface area (TPSA) is 44.0 Å². The van der Waals surface area contributed by atoms with Crippen molar-refractivity contribution in [3.05, 3.63) is 35.4 Å². The smallest absolute Gasteiger partial charge is 0.295 e. The normalized spacial score (nSPS) is 10.9. The summed E-state index contributed by atoms with van der Waals surface area (Å²) in [5.74, 6) is -3.27. The lowest BCUT2D eigenvalue weighted by Crippen LogP contribution is -2.18. The Morgan fingerprint density at radius 3 is 2.69 bits per heavy atom. The van der Waals surface area contributed by atoms with Gasteiger partial charge in [-0.1, -0.05) is 12.1 Å². The van der Waals surface area contributed by atoms with E-state index in [9.17, 15) is 8.78 Å². The van der Waals surface area contributed by atoms with Gasteiger partial charge < -0.3 is 5.11 Å². The summed E-state index contributed by atoms with van der Waals surface area (Å²) in [5, 5.41) is 16.8. The van der Waals surface area contributed by atoms with Crippen molar-refractivity contribution >= 4 is 0 Å². The molecule has 0 saturated carbocycles. The molecule has 0 aliphatic carbocycles. The standard InChI is InChI=1S/C9H7F2NO/c10-9(11,6-13)8-3-1-2-7(4-8)5-12/h1-4,13H,6H2. The van der Waals surface area contributed by atoms with Gasteiger partial charge in [-0.15, -0.1) is 0 Å². The zero-order valence-electron chi connectivity index (χ0n) is 6.67. The second kappa shape index (κ2) is 3.50. The summed E-state index contributed by atoms with van der Waals surface area (Å²) in [5.41, 5.74) is -0.181. The van der Waals surface area contributed by atoms with Gasteiger partial charge in [-0.05, 0) is 12.1 Å². The van der Waals surface area contributed by atoms with Crippen molar-refractivity contribution in [1.29, 1.82) is 5.26 Å². The quantitative estimate of drug-likeness (QED) is 0.757. The van der Waals surface area contributed by atoms with Gasteiger partial charge in [0, 0.05) is 5.56 Å². The van der Waals surface area contributed by atoms with Gasteiger partial charge in [-0.2, -0.15) is 14.0 Å². The fraction of sp³-hybridized carbons (Fsp3) is 0.222.